The van der Waals surface area contributed by atoms with Gasteiger partial charge in [0.1, 0.15) is 0 Å². The molecule has 12 heavy (non-hydrogen) atoms. The molecule has 76 valence electrons. The van der Waals surface area contributed by atoms with Crippen LogP contribution in [0.1, 0.15) is 13.8 Å². The van der Waals surface area contributed by atoms with Crippen LogP contribution in [0.5, 0.6) is 0 Å². The van der Waals surface area contributed by atoms with E-state index in [-0.39, 0.29) is 0 Å². The van der Waals surface area contributed by atoms with Gasteiger partial charge in [-0.25, -0.2) is 0 Å². The zero-order chi connectivity index (χ0) is 9.66. The second kappa shape index (κ2) is 17.6. The van der Waals surface area contributed by atoms with Crippen molar-refractivity contribution in [1.82, 2.24) is 10.6 Å². The molecular weight excluding hydrogens is 188 g/mol. The fraction of sp³-hybridized carbons (Fsp3) is 1.00. The van der Waals surface area contributed by atoms with Crippen LogP contribution >= 0.6 is 25.3 Å². The minimum Gasteiger partial charge on any atom is -0.315 e. The van der Waals surface area contributed by atoms with Gasteiger partial charge in [0.25, 0.3) is 0 Å². The summed E-state index contributed by atoms with van der Waals surface area (Å²) in [7, 11) is 0. The molecule has 0 bridgehead atoms. The van der Waals surface area contributed by atoms with E-state index in [2.05, 4.69) is 35.9 Å². The summed E-state index contributed by atoms with van der Waals surface area (Å²) in [5, 5.41) is 6.46. The number of nitrogens with one attached hydrogen (secondary N) is 2. The van der Waals surface area contributed by atoms with Gasteiger partial charge >= 0.3 is 0 Å². The van der Waals surface area contributed by atoms with Crippen molar-refractivity contribution in [2.75, 3.05) is 37.7 Å². The van der Waals surface area contributed by atoms with E-state index in [1.54, 1.807) is 0 Å². The van der Waals surface area contributed by atoms with Gasteiger partial charge in [0.2, 0.25) is 0 Å². The molecule has 0 atom stereocenters. The Labute approximate surface area is 87.7 Å². The first-order chi connectivity index (χ1) is 5.91. The first kappa shape index (κ1) is 15.1. The minimum absolute atomic E-state index is 0.909. The number of hydrogen-bond acceptors (Lipinski definition) is 4. The maximum atomic E-state index is 4.07. The molecule has 0 saturated heterocycles. The van der Waals surface area contributed by atoms with Crippen molar-refractivity contribution in [2.45, 2.75) is 13.8 Å². The molecule has 0 aromatic carbocycles. The second-order valence-corrected chi connectivity index (χ2v) is 2.84. The van der Waals surface area contributed by atoms with E-state index in [4.69, 9.17) is 0 Å². The number of rotatable bonds is 7. The van der Waals surface area contributed by atoms with Gasteiger partial charge in [0.15, 0.2) is 0 Å². The van der Waals surface area contributed by atoms with E-state index in [9.17, 15) is 0 Å². The molecule has 0 aliphatic carbocycles. The van der Waals surface area contributed by atoms with E-state index < -0.39 is 0 Å². The fourth-order valence-electron chi connectivity index (χ4n) is 0.585. The molecule has 0 heterocycles. The predicted octanol–water partition coefficient (Wildman–Crippen LogP) is 1.05. The van der Waals surface area contributed by atoms with Gasteiger partial charge in [-0.05, 0) is 0 Å². The minimum atomic E-state index is 0.909. The quantitative estimate of drug-likeness (QED) is 0.373. The van der Waals surface area contributed by atoms with E-state index in [1.165, 1.54) is 0 Å². The molecule has 0 fully saturated rings. The Morgan fingerprint density at radius 1 is 0.750 bits per heavy atom. The van der Waals surface area contributed by atoms with E-state index in [0.717, 1.165) is 37.7 Å². The highest BCUT2D eigenvalue weighted by molar-refractivity contribution is 7.80. The van der Waals surface area contributed by atoms with Gasteiger partial charge in [0, 0.05) is 37.7 Å². The summed E-state index contributed by atoms with van der Waals surface area (Å²) in [4.78, 5) is 0. The first-order valence-electron chi connectivity index (χ1n) is 4.55. The average molecular weight is 210 g/mol. The van der Waals surface area contributed by atoms with Crippen LogP contribution in [-0.4, -0.2) is 37.7 Å². The third-order valence-electron chi connectivity index (χ3n) is 1.06. The molecule has 0 aromatic heterocycles. The molecular formula is C8H22N2S2. The van der Waals surface area contributed by atoms with Crippen LogP contribution in [0, 0.1) is 0 Å². The Kier molecular flexibility index (Phi) is 22.2. The predicted molar refractivity (Wildman–Crippen MR) is 64.8 cm³/mol. The molecule has 0 aliphatic rings. The molecule has 0 spiro atoms. The molecule has 0 aliphatic heterocycles. The van der Waals surface area contributed by atoms with Crippen molar-refractivity contribution in [3.8, 4) is 0 Å². The number of hydrogen-bond donors (Lipinski definition) is 4. The van der Waals surface area contributed by atoms with Crippen LogP contribution in [-0.2, 0) is 0 Å². The zero-order valence-electron chi connectivity index (χ0n) is 8.14. The van der Waals surface area contributed by atoms with Gasteiger partial charge < -0.3 is 10.6 Å². The van der Waals surface area contributed by atoms with Crippen LogP contribution in [0.15, 0.2) is 0 Å². The molecule has 0 unspecified atom stereocenters. The Balaban J connectivity index is 0. The smallest absolute Gasteiger partial charge is 0.00770 e. The normalized spacial score (nSPS) is 9.00. The molecule has 0 amide bonds. The van der Waals surface area contributed by atoms with E-state index in [1.807, 2.05) is 13.8 Å². The molecule has 4 heteroatoms. The molecule has 2 N–H and O–H groups in total. The fourth-order valence-corrected chi connectivity index (χ4v) is 0.901. The summed E-state index contributed by atoms with van der Waals surface area (Å²) < 4.78 is 0. The SMILES string of the molecule is CC.SCCNCCNCCS. The van der Waals surface area contributed by atoms with Gasteiger partial charge in [0.05, 0.1) is 0 Å². The highest BCUT2D eigenvalue weighted by atomic mass is 32.1. The summed E-state index contributed by atoms with van der Waals surface area (Å²) >= 11 is 8.14. The van der Waals surface area contributed by atoms with Crippen molar-refractivity contribution < 1.29 is 0 Å². The third-order valence-corrected chi connectivity index (χ3v) is 1.50. The summed E-state index contributed by atoms with van der Waals surface area (Å²) in [6.07, 6.45) is 0. The van der Waals surface area contributed by atoms with Crippen molar-refractivity contribution in [2.24, 2.45) is 0 Å². The van der Waals surface area contributed by atoms with Crippen molar-refractivity contribution >= 4 is 25.3 Å². The molecule has 2 nitrogen and oxygen atoms in total. The van der Waals surface area contributed by atoms with E-state index in [0.29, 0.717) is 0 Å². The van der Waals surface area contributed by atoms with Gasteiger partial charge in [-0.15, -0.1) is 0 Å². The summed E-state index contributed by atoms with van der Waals surface area (Å²) in [5.74, 6) is 1.82. The lowest BCUT2D eigenvalue weighted by Gasteiger charge is -2.02. The lowest BCUT2D eigenvalue weighted by atomic mass is 10.5. The maximum Gasteiger partial charge on any atom is 0.00770 e. The topological polar surface area (TPSA) is 24.1 Å². The van der Waals surface area contributed by atoms with Crippen LogP contribution in [0.2, 0.25) is 0 Å². The molecule has 0 radical (unpaired) electrons. The van der Waals surface area contributed by atoms with Crippen LogP contribution in [0.3, 0.4) is 0 Å². The Bertz CT molecular complexity index is 55.0. The summed E-state index contributed by atoms with van der Waals surface area (Å²) in [6.45, 7) is 8.03. The Hall–Kier alpha value is 0.620. The molecule has 0 saturated carbocycles. The van der Waals surface area contributed by atoms with Crippen LogP contribution in [0.25, 0.3) is 0 Å². The van der Waals surface area contributed by atoms with E-state index >= 15 is 0 Å². The van der Waals surface area contributed by atoms with Crippen LogP contribution in [0.4, 0.5) is 0 Å². The molecule has 0 aromatic rings. The summed E-state index contributed by atoms with van der Waals surface area (Å²) in [5.41, 5.74) is 0. The maximum absolute atomic E-state index is 4.07. The van der Waals surface area contributed by atoms with Crippen molar-refractivity contribution in [1.29, 1.82) is 0 Å². The van der Waals surface area contributed by atoms with Crippen molar-refractivity contribution in [3.05, 3.63) is 0 Å². The summed E-state index contributed by atoms with van der Waals surface area (Å²) in [6, 6.07) is 0. The highest BCUT2D eigenvalue weighted by Crippen LogP contribution is 1.69. The second-order valence-electron chi connectivity index (χ2n) is 1.95. The highest BCUT2D eigenvalue weighted by Gasteiger charge is 1.84. The Morgan fingerprint density at radius 3 is 1.33 bits per heavy atom. The Morgan fingerprint density at radius 2 is 1.08 bits per heavy atom. The van der Waals surface area contributed by atoms with Gasteiger partial charge in [-0.1, -0.05) is 13.8 Å². The zero-order valence-corrected chi connectivity index (χ0v) is 9.93. The number of thiol groups is 2. The monoisotopic (exact) mass is 210 g/mol. The van der Waals surface area contributed by atoms with Gasteiger partial charge in [-0.2, -0.15) is 25.3 Å². The molecule has 0 rings (SSSR count). The van der Waals surface area contributed by atoms with Crippen LogP contribution < -0.4 is 10.6 Å². The average Bonchev–Trinajstić information content (AvgIpc) is 2.15. The first-order valence-corrected chi connectivity index (χ1v) is 5.81. The largest absolute Gasteiger partial charge is 0.315 e. The standard InChI is InChI=1S/C6H16N2S2.C2H6/c9-5-3-7-1-2-8-4-6-10;1-2/h7-10H,1-6H2;1-2H3. The third kappa shape index (κ3) is 16.9. The van der Waals surface area contributed by atoms with Gasteiger partial charge in [-0.3, -0.25) is 0 Å². The van der Waals surface area contributed by atoms with Crippen molar-refractivity contribution in [3.63, 3.8) is 0 Å². The lowest BCUT2D eigenvalue weighted by molar-refractivity contribution is 0.646. The lowest BCUT2D eigenvalue weighted by Crippen LogP contribution is -2.29.